The highest BCUT2D eigenvalue weighted by atomic mass is 16.5. The van der Waals surface area contributed by atoms with E-state index in [0.29, 0.717) is 17.9 Å². The summed E-state index contributed by atoms with van der Waals surface area (Å²) in [6.07, 6.45) is 0. The van der Waals surface area contributed by atoms with Crippen molar-refractivity contribution in [2.75, 3.05) is 19.5 Å². The first-order valence-corrected chi connectivity index (χ1v) is 5.11. The minimum absolute atomic E-state index is 0.144. The van der Waals surface area contributed by atoms with Crippen LogP contribution in [0, 0.1) is 0 Å². The number of hydrogen-bond acceptors (Lipinski definition) is 3. The molecule has 0 aliphatic rings. The Balaban J connectivity index is 2.72. The molecular weight excluding hydrogens is 204 g/mol. The minimum atomic E-state index is -0.392. The number of nitrogens with one attached hydrogen (secondary N) is 1. The number of hydrogen-bond donors (Lipinski definition) is 2. The molecule has 4 heteroatoms. The van der Waals surface area contributed by atoms with Crippen molar-refractivity contribution in [1.82, 2.24) is 5.32 Å². The topological polar surface area (TPSA) is 64.3 Å². The zero-order valence-corrected chi connectivity index (χ0v) is 9.91. The second-order valence-corrected chi connectivity index (χ2v) is 4.40. The lowest BCUT2D eigenvalue weighted by Crippen LogP contribution is -2.46. The van der Waals surface area contributed by atoms with Crippen molar-refractivity contribution in [1.29, 1.82) is 0 Å². The molecule has 0 bridgehead atoms. The summed E-state index contributed by atoms with van der Waals surface area (Å²) >= 11 is 0. The van der Waals surface area contributed by atoms with Crippen LogP contribution in [0.2, 0.25) is 0 Å². The van der Waals surface area contributed by atoms with Gasteiger partial charge in [-0.15, -0.1) is 0 Å². The standard InChI is InChI=1S/C12H18N2O2/c1-12(2,8-16-3)14-11(15)9-5-4-6-10(13)7-9/h4-7H,8,13H2,1-3H3,(H,14,15). The van der Waals surface area contributed by atoms with E-state index in [1.54, 1.807) is 31.4 Å². The predicted octanol–water partition coefficient (Wildman–Crippen LogP) is 1.42. The Morgan fingerprint density at radius 2 is 2.19 bits per heavy atom. The highest BCUT2D eigenvalue weighted by Crippen LogP contribution is 2.09. The number of carbonyl (C=O) groups excluding carboxylic acids is 1. The van der Waals surface area contributed by atoms with Crippen LogP contribution >= 0.6 is 0 Å². The van der Waals surface area contributed by atoms with Crippen molar-refractivity contribution >= 4 is 11.6 Å². The normalized spacial score (nSPS) is 11.2. The highest BCUT2D eigenvalue weighted by molar-refractivity contribution is 5.95. The fraction of sp³-hybridized carbons (Fsp3) is 0.417. The van der Waals surface area contributed by atoms with E-state index in [4.69, 9.17) is 10.5 Å². The number of rotatable bonds is 4. The quantitative estimate of drug-likeness (QED) is 0.757. The van der Waals surface area contributed by atoms with E-state index >= 15 is 0 Å². The first-order valence-electron chi connectivity index (χ1n) is 5.11. The van der Waals surface area contributed by atoms with Crippen molar-refractivity contribution in [2.45, 2.75) is 19.4 Å². The number of benzene rings is 1. The molecule has 4 nitrogen and oxygen atoms in total. The number of amides is 1. The van der Waals surface area contributed by atoms with Crippen LogP contribution in [0.5, 0.6) is 0 Å². The monoisotopic (exact) mass is 222 g/mol. The molecule has 16 heavy (non-hydrogen) atoms. The lowest BCUT2D eigenvalue weighted by molar-refractivity contribution is 0.0820. The van der Waals surface area contributed by atoms with Crippen LogP contribution in [0.3, 0.4) is 0 Å². The maximum absolute atomic E-state index is 11.9. The van der Waals surface area contributed by atoms with Crippen molar-refractivity contribution in [3.05, 3.63) is 29.8 Å². The van der Waals surface area contributed by atoms with Gasteiger partial charge in [-0.1, -0.05) is 6.07 Å². The lowest BCUT2D eigenvalue weighted by Gasteiger charge is -2.25. The first-order chi connectivity index (χ1) is 7.44. The molecule has 0 fully saturated rings. The maximum Gasteiger partial charge on any atom is 0.251 e. The summed E-state index contributed by atoms with van der Waals surface area (Å²) in [6, 6.07) is 6.89. The van der Waals surface area contributed by atoms with Gasteiger partial charge < -0.3 is 15.8 Å². The average molecular weight is 222 g/mol. The molecular formula is C12H18N2O2. The molecule has 0 radical (unpaired) electrons. The molecule has 1 aromatic rings. The molecule has 0 aliphatic heterocycles. The summed E-state index contributed by atoms with van der Waals surface area (Å²) in [6.45, 7) is 4.27. The highest BCUT2D eigenvalue weighted by Gasteiger charge is 2.20. The third-order valence-electron chi connectivity index (χ3n) is 2.11. The van der Waals surface area contributed by atoms with Gasteiger partial charge in [0.15, 0.2) is 0 Å². The Kier molecular flexibility index (Phi) is 3.90. The van der Waals surface area contributed by atoms with Crippen LogP contribution in [0.4, 0.5) is 5.69 Å². The molecule has 0 aromatic heterocycles. The van der Waals surface area contributed by atoms with Crippen LogP contribution in [0.15, 0.2) is 24.3 Å². The summed E-state index contributed by atoms with van der Waals surface area (Å²) in [5, 5.41) is 2.88. The maximum atomic E-state index is 11.9. The van der Waals surface area contributed by atoms with Gasteiger partial charge in [0.1, 0.15) is 0 Å². The zero-order chi connectivity index (χ0) is 12.2. The van der Waals surface area contributed by atoms with E-state index in [9.17, 15) is 4.79 Å². The van der Waals surface area contributed by atoms with Gasteiger partial charge in [-0.3, -0.25) is 4.79 Å². The van der Waals surface area contributed by atoms with E-state index in [-0.39, 0.29) is 5.91 Å². The summed E-state index contributed by atoms with van der Waals surface area (Å²) < 4.78 is 5.03. The zero-order valence-electron chi connectivity index (χ0n) is 9.91. The third-order valence-corrected chi connectivity index (χ3v) is 2.11. The van der Waals surface area contributed by atoms with E-state index < -0.39 is 5.54 Å². The molecule has 88 valence electrons. The molecule has 0 saturated heterocycles. The molecule has 3 N–H and O–H groups in total. The Labute approximate surface area is 95.8 Å². The fourth-order valence-corrected chi connectivity index (χ4v) is 1.46. The van der Waals surface area contributed by atoms with E-state index in [1.165, 1.54) is 0 Å². The summed E-state index contributed by atoms with van der Waals surface area (Å²) in [7, 11) is 1.61. The molecule has 1 amide bonds. The molecule has 0 aliphatic carbocycles. The lowest BCUT2D eigenvalue weighted by atomic mass is 10.1. The number of methoxy groups -OCH3 is 1. The largest absolute Gasteiger partial charge is 0.399 e. The second kappa shape index (κ2) is 4.99. The van der Waals surface area contributed by atoms with Crippen molar-refractivity contribution in [3.8, 4) is 0 Å². The van der Waals surface area contributed by atoms with Gasteiger partial charge >= 0.3 is 0 Å². The molecule has 0 heterocycles. The predicted molar refractivity (Wildman–Crippen MR) is 64.3 cm³/mol. The van der Waals surface area contributed by atoms with Crippen LogP contribution in [0.1, 0.15) is 24.2 Å². The van der Waals surface area contributed by atoms with Gasteiger partial charge in [-0.05, 0) is 32.0 Å². The number of carbonyl (C=O) groups is 1. The van der Waals surface area contributed by atoms with Crippen LogP contribution in [-0.4, -0.2) is 25.2 Å². The van der Waals surface area contributed by atoms with E-state index in [1.807, 2.05) is 13.8 Å². The van der Waals surface area contributed by atoms with Crippen LogP contribution < -0.4 is 11.1 Å². The van der Waals surface area contributed by atoms with Gasteiger partial charge in [0.25, 0.3) is 5.91 Å². The van der Waals surface area contributed by atoms with E-state index in [0.717, 1.165) is 0 Å². The van der Waals surface area contributed by atoms with Crippen molar-refractivity contribution in [2.24, 2.45) is 0 Å². The molecule has 0 atom stereocenters. The summed E-state index contributed by atoms with van der Waals surface area (Å²) in [5.74, 6) is -0.144. The second-order valence-electron chi connectivity index (χ2n) is 4.40. The Bertz CT molecular complexity index is 375. The Morgan fingerprint density at radius 3 is 2.75 bits per heavy atom. The van der Waals surface area contributed by atoms with Gasteiger partial charge in [0.2, 0.25) is 0 Å². The smallest absolute Gasteiger partial charge is 0.251 e. The third kappa shape index (κ3) is 3.55. The first kappa shape index (κ1) is 12.5. The van der Waals surface area contributed by atoms with Gasteiger partial charge in [0.05, 0.1) is 12.1 Å². The van der Waals surface area contributed by atoms with Crippen molar-refractivity contribution in [3.63, 3.8) is 0 Å². The van der Waals surface area contributed by atoms with Crippen LogP contribution in [-0.2, 0) is 4.74 Å². The number of nitrogen functional groups attached to an aromatic ring is 1. The molecule has 0 spiro atoms. The summed E-state index contributed by atoms with van der Waals surface area (Å²) in [5.41, 5.74) is 6.36. The molecule has 1 rings (SSSR count). The Morgan fingerprint density at radius 1 is 1.50 bits per heavy atom. The van der Waals surface area contributed by atoms with Crippen LogP contribution in [0.25, 0.3) is 0 Å². The molecule has 0 saturated carbocycles. The minimum Gasteiger partial charge on any atom is -0.399 e. The number of nitrogens with two attached hydrogens (primary N) is 1. The Hall–Kier alpha value is -1.55. The number of anilines is 1. The number of ether oxygens (including phenoxy) is 1. The SMILES string of the molecule is COCC(C)(C)NC(=O)c1cccc(N)c1. The average Bonchev–Trinajstić information content (AvgIpc) is 2.16. The van der Waals surface area contributed by atoms with E-state index in [2.05, 4.69) is 5.32 Å². The van der Waals surface area contributed by atoms with Gasteiger partial charge in [-0.2, -0.15) is 0 Å². The molecule has 1 aromatic carbocycles. The van der Waals surface area contributed by atoms with Gasteiger partial charge in [-0.25, -0.2) is 0 Å². The molecule has 0 unspecified atom stereocenters. The summed E-state index contributed by atoms with van der Waals surface area (Å²) in [4.78, 5) is 11.9. The van der Waals surface area contributed by atoms with Crippen molar-refractivity contribution < 1.29 is 9.53 Å². The van der Waals surface area contributed by atoms with Gasteiger partial charge in [0, 0.05) is 18.4 Å². The fourth-order valence-electron chi connectivity index (χ4n) is 1.46.